The van der Waals surface area contributed by atoms with Gasteiger partial charge in [-0.15, -0.1) is 0 Å². The van der Waals surface area contributed by atoms with Crippen LogP contribution in [0.1, 0.15) is 32.6 Å². The number of nitrogens with one attached hydrogen (secondary N) is 2. The number of carbonyl (C=O) groups is 1. The zero-order valence-electron chi connectivity index (χ0n) is 14.8. The molecule has 2 saturated heterocycles. The number of piperidine rings is 1. The van der Waals surface area contributed by atoms with Gasteiger partial charge in [0.25, 0.3) is 5.91 Å². The highest BCUT2D eigenvalue weighted by atomic mass is 32.2. The Bertz CT molecular complexity index is 714. The van der Waals surface area contributed by atoms with Gasteiger partial charge in [-0.25, -0.2) is 8.42 Å². The lowest BCUT2D eigenvalue weighted by molar-refractivity contribution is -0.900. The number of likely N-dealkylation sites (tertiary alicyclic amines) is 1. The molecule has 7 heteroatoms. The van der Waals surface area contributed by atoms with E-state index in [0.717, 1.165) is 32.4 Å². The molecule has 6 nitrogen and oxygen atoms in total. The Morgan fingerprint density at radius 2 is 2.04 bits per heavy atom. The molecule has 2 aliphatic heterocycles. The molecule has 1 unspecified atom stereocenters. The van der Waals surface area contributed by atoms with Gasteiger partial charge in [-0.2, -0.15) is 4.31 Å². The second kappa shape index (κ2) is 7.85. The van der Waals surface area contributed by atoms with Gasteiger partial charge >= 0.3 is 0 Å². The first kappa shape index (κ1) is 18.4. The van der Waals surface area contributed by atoms with E-state index in [0.29, 0.717) is 31.2 Å². The number of hydrogen-bond donors (Lipinski definition) is 2. The molecule has 1 amide bonds. The quantitative estimate of drug-likeness (QED) is 0.807. The van der Waals surface area contributed by atoms with Gasteiger partial charge in [-0.05, 0) is 43.9 Å². The fourth-order valence-corrected chi connectivity index (χ4v) is 5.37. The van der Waals surface area contributed by atoms with E-state index < -0.39 is 10.0 Å². The molecule has 1 aromatic carbocycles. The summed E-state index contributed by atoms with van der Waals surface area (Å²) in [6, 6.07) is 6.60. The van der Waals surface area contributed by atoms with Crippen molar-refractivity contribution in [2.75, 3.05) is 38.0 Å². The molecule has 2 atom stereocenters. The van der Waals surface area contributed by atoms with Gasteiger partial charge in [0.05, 0.1) is 18.0 Å². The largest absolute Gasteiger partial charge is 0.327 e. The summed E-state index contributed by atoms with van der Waals surface area (Å²) in [5, 5.41) is 2.86. The van der Waals surface area contributed by atoms with Gasteiger partial charge in [-0.3, -0.25) is 4.79 Å². The van der Waals surface area contributed by atoms with Crippen molar-refractivity contribution in [3.8, 4) is 0 Å². The van der Waals surface area contributed by atoms with E-state index >= 15 is 0 Å². The monoisotopic (exact) mass is 366 g/mol. The molecular formula is C18H28N3O3S+. The highest BCUT2D eigenvalue weighted by Crippen LogP contribution is 2.23. The smallest absolute Gasteiger partial charge is 0.279 e. The number of carbonyl (C=O) groups excluding carboxylic acids is 1. The van der Waals surface area contributed by atoms with Gasteiger partial charge in [0.2, 0.25) is 10.0 Å². The maximum absolute atomic E-state index is 12.6. The number of sulfonamides is 1. The Morgan fingerprint density at radius 3 is 2.76 bits per heavy atom. The molecule has 0 saturated carbocycles. The van der Waals surface area contributed by atoms with Crippen molar-refractivity contribution >= 4 is 21.6 Å². The fourth-order valence-electron chi connectivity index (χ4n) is 3.80. The number of amides is 1. The number of nitrogens with zero attached hydrogens (tertiary/aromatic N) is 1. The highest BCUT2D eigenvalue weighted by Gasteiger charge is 2.27. The van der Waals surface area contributed by atoms with Gasteiger partial charge in [-0.1, -0.05) is 13.0 Å². The number of benzene rings is 1. The highest BCUT2D eigenvalue weighted by molar-refractivity contribution is 7.89. The normalized spacial score (nSPS) is 25.0. The third-order valence-electron chi connectivity index (χ3n) is 5.10. The third kappa shape index (κ3) is 4.59. The van der Waals surface area contributed by atoms with Crippen LogP contribution < -0.4 is 10.2 Å². The number of hydrogen-bond acceptors (Lipinski definition) is 3. The molecule has 25 heavy (non-hydrogen) atoms. The van der Waals surface area contributed by atoms with E-state index in [1.807, 2.05) is 0 Å². The molecule has 2 fully saturated rings. The minimum Gasteiger partial charge on any atom is -0.327 e. The number of anilines is 1. The Hall–Kier alpha value is -1.44. The fraction of sp³-hybridized carbons (Fsp3) is 0.611. The van der Waals surface area contributed by atoms with Crippen molar-refractivity contribution in [1.29, 1.82) is 0 Å². The third-order valence-corrected chi connectivity index (χ3v) is 6.99. The van der Waals surface area contributed by atoms with E-state index in [4.69, 9.17) is 0 Å². The lowest BCUT2D eigenvalue weighted by Crippen LogP contribution is -3.14. The van der Waals surface area contributed by atoms with Gasteiger partial charge < -0.3 is 10.2 Å². The topological polar surface area (TPSA) is 70.9 Å². The average Bonchev–Trinajstić information content (AvgIpc) is 3.10. The Kier molecular flexibility index (Phi) is 5.76. The Balaban J connectivity index is 1.64. The SMILES string of the molecule is C[C@@H]1CCC[NH+](CC(=O)Nc2cccc(S(=O)(=O)N3CCCC3)c2)C1. The van der Waals surface area contributed by atoms with E-state index in [1.54, 1.807) is 24.3 Å². The van der Waals surface area contributed by atoms with E-state index in [9.17, 15) is 13.2 Å². The van der Waals surface area contributed by atoms with Crippen LogP contribution in [0.3, 0.4) is 0 Å². The number of rotatable bonds is 5. The molecule has 2 aliphatic rings. The van der Waals surface area contributed by atoms with Gasteiger partial charge in [0, 0.05) is 24.7 Å². The first-order valence-electron chi connectivity index (χ1n) is 9.19. The molecule has 0 radical (unpaired) electrons. The van der Waals surface area contributed by atoms with Gasteiger partial charge in [0.1, 0.15) is 0 Å². The summed E-state index contributed by atoms with van der Waals surface area (Å²) in [5.41, 5.74) is 0.551. The summed E-state index contributed by atoms with van der Waals surface area (Å²) in [7, 11) is -3.45. The van der Waals surface area contributed by atoms with Crippen LogP contribution in [0.4, 0.5) is 5.69 Å². The van der Waals surface area contributed by atoms with Crippen molar-refractivity contribution in [3.63, 3.8) is 0 Å². The van der Waals surface area contributed by atoms with Crippen LogP contribution in [0.25, 0.3) is 0 Å². The minimum absolute atomic E-state index is 0.0557. The Morgan fingerprint density at radius 1 is 1.28 bits per heavy atom. The van der Waals surface area contributed by atoms with Crippen LogP contribution in [-0.4, -0.2) is 51.4 Å². The molecule has 3 rings (SSSR count). The Labute approximate surface area is 150 Å². The van der Waals surface area contributed by atoms with Crippen molar-refractivity contribution in [2.24, 2.45) is 5.92 Å². The summed E-state index contributed by atoms with van der Waals surface area (Å²) in [6.07, 6.45) is 4.22. The second-order valence-corrected chi connectivity index (χ2v) is 9.25. The zero-order chi connectivity index (χ0) is 17.9. The molecule has 2 N–H and O–H groups in total. The van der Waals surface area contributed by atoms with Crippen LogP contribution in [0.5, 0.6) is 0 Å². The predicted molar refractivity (Wildman–Crippen MR) is 97.0 cm³/mol. The first-order valence-corrected chi connectivity index (χ1v) is 10.6. The van der Waals surface area contributed by atoms with Crippen LogP contribution in [-0.2, 0) is 14.8 Å². The van der Waals surface area contributed by atoms with Crippen molar-refractivity contribution < 1.29 is 18.1 Å². The van der Waals surface area contributed by atoms with Crippen molar-refractivity contribution in [3.05, 3.63) is 24.3 Å². The molecular weight excluding hydrogens is 338 g/mol. The molecule has 0 spiro atoms. The molecule has 1 aromatic rings. The first-order chi connectivity index (χ1) is 11.9. The van der Waals surface area contributed by atoms with Crippen LogP contribution in [0, 0.1) is 5.92 Å². The van der Waals surface area contributed by atoms with E-state index in [1.165, 1.54) is 15.6 Å². The van der Waals surface area contributed by atoms with E-state index in [2.05, 4.69) is 12.2 Å². The maximum atomic E-state index is 12.6. The minimum atomic E-state index is -3.45. The lowest BCUT2D eigenvalue weighted by atomic mass is 10.0. The van der Waals surface area contributed by atoms with Crippen molar-refractivity contribution in [1.82, 2.24) is 4.31 Å². The van der Waals surface area contributed by atoms with E-state index in [-0.39, 0.29) is 10.8 Å². The summed E-state index contributed by atoms with van der Waals surface area (Å²) < 4.78 is 26.8. The summed E-state index contributed by atoms with van der Waals surface area (Å²) in [6.45, 7) is 5.87. The lowest BCUT2D eigenvalue weighted by Gasteiger charge is -2.27. The molecule has 0 aromatic heterocycles. The van der Waals surface area contributed by atoms with Gasteiger partial charge in [0.15, 0.2) is 6.54 Å². The standard InChI is InChI=1S/C18H27N3O3S/c1-15-6-5-9-20(13-15)14-18(22)19-16-7-4-8-17(12-16)25(23,24)21-10-2-3-11-21/h4,7-8,12,15H,2-3,5-6,9-11,13-14H2,1H3,(H,19,22)/p+1/t15-/m1/s1. The second-order valence-electron chi connectivity index (χ2n) is 7.32. The summed E-state index contributed by atoms with van der Waals surface area (Å²) in [5.74, 6) is 0.602. The zero-order valence-corrected chi connectivity index (χ0v) is 15.6. The van der Waals surface area contributed by atoms with Crippen molar-refractivity contribution in [2.45, 2.75) is 37.5 Å². The number of quaternary nitrogens is 1. The van der Waals surface area contributed by atoms with Crippen LogP contribution >= 0.6 is 0 Å². The van der Waals surface area contributed by atoms with Crippen LogP contribution in [0.15, 0.2) is 29.2 Å². The molecule has 0 bridgehead atoms. The molecule has 2 heterocycles. The maximum Gasteiger partial charge on any atom is 0.279 e. The predicted octanol–water partition coefficient (Wildman–Crippen LogP) is 0.724. The molecule has 0 aliphatic carbocycles. The summed E-state index contributed by atoms with van der Waals surface area (Å²) >= 11 is 0. The molecule has 138 valence electrons. The average molecular weight is 367 g/mol. The van der Waals surface area contributed by atoms with Crippen LogP contribution in [0.2, 0.25) is 0 Å². The summed E-state index contributed by atoms with van der Waals surface area (Å²) in [4.78, 5) is 13.9.